The summed E-state index contributed by atoms with van der Waals surface area (Å²) < 4.78 is 5.67. The molecule has 4 aromatic rings. The van der Waals surface area contributed by atoms with Gasteiger partial charge in [-0.2, -0.15) is 0 Å². The molecule has 4 rings (SSSR count). The van der Waals surface area contributed by atoms with E-state index in [1.165, 1.54) is 0 Å². The highest BCUT2D eigenvalue weighted by Crippen LogP contribution is 2.31. The van der Waals surface area contributed by atoms with E-state index in [-0.39, 0.29) is 11.7 Å². The topological polar surface area (TPSA) is 42.2 Å². The molecule has 0 aliphatic carbocycles. The highest BCUT2D eigenvalue weighted by atomic mass is 35.5. The van der Waals surface area contributed by atoms with Crippen LogP contribution in [0.4, 0.5) is 5.69 Å². The van der Waals surface area contributed by atoms with E-state index in [1.807, 2.05) is 42.5 Å². The summed E-state index contributed by atoms with van der Waals surface area (Å²) in [7, 11) is 0. The van der Waals surface area contributed by atoms with E-state index in [1.54, 1.807) is 30.3 Å². The van der Waals surface area contributed by atoms with Crippen LogP contribution in [0, 0.1) is 0 Å². The van der Waals surface area contributed by atoms with Crippen LogP contribution >= 0.6 is 23.2 Å². The van der Waals surface area contributed by atoms with Gasteiger partial charge in [-0.05, 0) is 53.2 Å². The number of amides is 1. The summed E-state index contributed by atoms with van der Waals surface area (Å²) in [5.74, 6) is 0.395. The van der Waals surface area contributed by atoms with E-state index in [2.05, 4.69) is 5.32 Å². The number of fused-ring (bicyclic) bond motifs is 1. The lowest BCUT2D eigenvalue weighted by molar-refractivity contribution is 0.0997. The van der Waals surface area contributed by atoms with Gasteiger partial charge in [-0.25, -0.2) is 0 Å². The van der Waals surface area contributed by atoms with E-state index in [4.69, 9.17) is 27.6 Å². The molecule has 1 heterocycles. The number of halogens is 2. The normalized spacial score (nSPS) is 10.8. The zero-order chi connectivity index (χ0) is 18.1. The second-order valence-corrected chi connectivity index (χ2v) is 6.65. The first-order valence-electron chi connectivity index (χ1n) is 7.95. The lowest BCUT2D eigenvalue weighted by Crippen LogP contribution is -2.10. The first-order valence-corrected chi connectivity index (χ1v) is 8.71. The Bertz CT molecular complexity index is 1120. The molecule has 3 nitrogen and oxygen atoms in total. The molecule has 0 spiro atoms. The quantitative estimate of drug-likeness (QED) is 0.431. The van der Waals surface area contributed by atoms with Crippen LogP contribution in [0.5, 0.6) is 0 Å². The van der Waals surface area contributed by atoms with Gasteiger partial charge in [0.05, 0.1) is 5.02 Å². The van der Waals surface area contributed by atoms with Crippen LogP contribution in [0.2, 0.25) is 10.0 Å². The number of rotatable bonds is 3. The average Bonchev–Trinajstić information content (AvgIpc) is 3.11. The largest absolute Gasteiger partial charge is 0.451 e. The highest BCUT2D eigenvalue weighted by Gasteiger charge is 2.14. The SMILES string of the molecule is O=C(Nc1ccc2ccccc2c1)c1ccc(-c2ccc(Cl)cc2Cl)o1. The number of hydrogen-bond acceptors (Lipinski definition) is 2. The van der Waals surface area contributed by atoms with Crippen molar-refractivity contribution < 1.29 is 9.21 Å². The minimum Gasteiger partial charge on any atom is -0.451 e. The van der Waals surface area contributed by atoms with Crippen molar-refractivity contribution in [3.8, 4) is 11.3 Å². The Morgan fingerprint density at radius 3 is 2.46 bits per heavy atom. The molecule has 0 aliphatic heterocycles. The van der Waals surface area contributed by atoms with Crippen LogP contribution in [0.15, 0.2) is 77.2 Å². The van der Waals surface area contributed by atoms with E-state index >= 15 is 0 Å². The van der Waals surface area contributed by atoms with Gasteiger partial charge in [-0.3, -0.25) is 4.79 Å². The number of carbonyl (C=O) groups is 1. The fourth-order valence-corrected chi connectivity index (χ4v) is 3.26. The molecule has 0 bridgehead atoms. The minimum atomic E-state index is -0.323. The molecule has 128 valence electrons. The van der Waals surface area contributed by atoms with Gasteiger partial charge in [0.2, 0.25) is 0 Å². The molecule has 0 saturated heterocycles. The zero-order valence-electron chi connectivity index (χ0n) is 13.5. The number of anilines is 1. The lowest BCUT2D eigenvalue weighted by Gasteiger charge is -2.05. The van der Waals surface area contributed by atoms with Crippen molar-refractivity contribution in [3.63, 3.8) is 0 Å². The molecule has 0 fully saturated rings. The molecular weight excluding hydrogens is 369 g/mol. The van der Waals surface area contributed by atoms with Gasteiger partial charge in [-0.15, -0.1) is 0 Å². The predicted molar refractivity (Wildman–Crippen MR) is 106 cm³/mol. The van der Waals surface area contributed by atoms with Crippen LogP contribution in [0.25, 0.3) is 22.1 Å². The average molecular weight is 382 g/mol. The van der Waals surface area contributed by atoms with Crippen molar-refractivity contribution in [2.75, 3.05) is 5.32 Å². The Kier molecular flexibility index (Phi) is 4.41. The van der Waals surface area contributed by atoms with Gasteiger partial charge in [-0.1, -0.05) is 53.5 Å². The Hall–Kier alpha value is -2.75. The molecular formula is C21H13Cl2NO2. The van der Waals surface area contributed by atoms with Gasteiger partial charge in [0.1, 0.15) is 5.76 Å². The van der Waals surface area contributed by atoms with Crippen molar-refractivity contribution in [1.29, 1.82) is 0 Å². The summed E-state index contributed by atoms with van der Waals surface area (Å²) in [5, 5.41) is 6.03. The molecule has 0 saturated carbocycles. The maximum atomic E-state index is 12.5. The number of hydrogen-bond donors (Lipinski definition) is 1. The highest BCUT2D eigenvalue weighted by molar-refractivity contribution is 6.36. The Morgan fingerprint density at radius 2 is 1.65 bits per heavy atom. The molecule has 1 aromatic heterocycles. The van der Waals surface area contributed by atoms with Crippen LogP contribution < -0.4 is 5.32 Å². The molecule has 26 heavy (non-hydrogen) atoms. The Labute approximate surface area is 160 Å². The van der Waals surface area contributed by atoms with Crippen LogP contribution in [0.1, 0.15) is 10.6 Å². The summed E-state index contributed by atoms with van der Waals surface area (Å²) >= 11 is 12.1. The van der Waals surface area contributed by atoms with E-state index in [9.17, 15) is 4.79 Å². The van der Waals surface area contributed by atoms with Gasteiger partial charge in [0.15, 0.2) is 5.76 Å². The molecule has 3 aromatic carbocycles. The third kappa shape index (κ3) is 3.32. The number of benzene rings is 3. The maximum Gasteiger partial charge on any atom is 0.291 e. The Balaban J connectivity index is 1.57. The minimum absolute atomic E-state index is 0.208. The van der Waals surface area contributed by atoms with Crippen LogP contribution in [-0.4, -0.2) is 5.91 Å². The summed E-state index contributed by atoms with van der Waals surface area (Å²) in [5.41, 5.74) is 1.39. The van der Waals surface area contributed by atoms with Crippen molar-refractivity contribution in [3.05, 3.63) is 88.6 Å². The van der Waals surface area contributed by atoms with Gasteiger partial charge >= 0.3 is 0 Å². The first-order chi connectivity index (χ1) is 12.6. The van der Waals surface area contributed by atoms with Gasteiger partial charge in [0.25, 0.3) is 5.91 Å². The van der Waals surface area contributed by atoms with E-state index < -0.39 is 0 Å². The summed E-state index contributed by atoms with van der Waals surface area (Å²) in [6.07, 6.45) is 0. The second-order valence-electron chi connectivity index (χ2n) is 5.80. The molecule has 0 unspecified atom stereocenters. The van der Waals surface area contributed by atoms with Gasteiger partial charge < -0.3 is 9.73 Å². The van der Waals surface area contributed by atoms with Crippen molar-refractivity contribution in [2.24, 2.45) is 0 Å². The maximum absolute atomic E-state index is 12.5. The summed E-state index contributed by atoms with van der Waals surface area (Å²) in [4.78, 5) is 12.5. The number of nitrogens with one attached hydrogen (secondary N) is 1. The van der Waals surface area contributed by atoms with Crippen molar-refractivity contribution in [1.82, 2.24) is 0 Å². The molecule has 0 atom stereocenters. The summed E-state index contributed by atoms with van der Waals surface area (Å²) in [6.45, 7) is 0. The predicted octanol–water partition coefficient (Wildman–Crippen LogP) is 6.66. The zero-order valence-corrected chi connectivity index (χ0v) is 15.0. The fraction of sp³-hybridized carbons (Fsp3) is 0. The number of carbonyl (C=O) groups excluding carboxylic acids is 1. The molecule has 1 amide bonds. The van der Waals surface area contributed by atoms with E-state index in [0.717, 1.165) is 10.8 Å². The molecule has 0 aliphatic rings. The second kappa shape index (κ2) is 6.87. The molecule has 5 heteroatoms. The summed E-state index contributed by atoms with van der Waals surface area (Å²) in [6, 6.07) is 22.2. The third-order valence-electron chi connectivity index (χ3n) is 4.03. The van der Waals surface area contributed by atoms with Crippen molar-refractivity contribution in [2.45, 2.75) is 0 Å². The van der Waals surface area contributed by atoms with Gasteiger partial charge in [0, 0.05) is 16.3 Å². The van der Waals surface area contributed by atoms with Crippen molar-refractivity contribution >= 4 is 45.6 Å². The third-order valence-corrected chi connectivity index (χ3v) is 4.58. The first kappa shape index (κ1) is 16.7. The number of furan rings is 1. The van der Waals surface area contributed by atoms with Crippen LogP contribution in [0.3, 0.4) is 0 Å². The standard InChI is InChI=1S/C21H13Cl2NO2/c22-15-6-8-17(18(23)12-15)19-9-10-20(26-19)21(25)24-16-7-5-13-3-1-2-4-14(13)11-16/h1-12H,(H,24,25). The lowest BCUT2D eigenvalue weighted by atomic mass is 10.1. The molecule has 0 radical (unpaired) electrons. The fourth-order valence-electron chi connectivity index (χ4n) is 2.75. The molecule has 1 N–H and O–H groups in total. The van der Waals surface area contributed by atoms with E-state index in [0.29, 0.717) is 27.1 Å². The monoisotopic (exact) mass is 381 g/mol. The Morgan fingerprint density at radius 1 is 0.846 bits per heavy atom. The van der Waals surface area contributed by atoms with Crippen LogP contribution in [-0.2, 0) is 0 Å². The smallest absolute Gasteiger partial charge is 0.291 e.